The average Bonchev–Trinajstić information content (AvgIpc) is 3.27. The number of benzene rings is 1. The zero-order valence-corrected chi connectivity index (χ0v) is 16.2. The molecule has 150 valence electrons. The van der Waals surface area contributed by atoms with Gasteiger partial charge < -0.3 is 24.5 Å². The van der Waals surface area contributed by atoms with Crippen LogP contribution in [0.2, 0.25) is 0 Å². The number of aromatic nitrogens is 1. The first kappa shape index (κ1) is 18.8. The van der Waals surface area contributed by atoms with E-state index in [0.717, 1.165) is 5.56 Å². The van der Waals surface area contributed by atoms with Gasteiger partial charge >= 0.3 is 0 Å². The molecule has 0 aliphatic carbocycles. The number of hydrogen-bond acceptors (Lipinski definition) is 6. The Morgan fingerprint density at radius 1 is 1.38 bits per heavy atom. The number of carbonyl (C=O) groups is 2. The number of furan rings is 1. The Hall–Kier alpha value is -3.55. The Labute approximate surface area is 167 Å². The Morgan fingerprint density at radius 2 is 2.24 bits per heavy atom. The third kappa shape index (κ3) is 3.73. The van der Waals surface area contributed by atoms with Crippen LogP contribution in [0.4, 0.5) is 0 Å². The molecular formula is C21H21N3O5. The Kier molecular flexibility index (Phi) is 5.07. The molecule has 3 aromatic rings. The van der Waals surface area contributed by atoms with Crippen molar-refractivity contribution in [3.8, 4) is 11.6 Å². The van der Waals surface area contributed by atoms with Gasteiger partial charge in [0.05, 0.1) is 18.2 Å². The van der Waals surface area contributed by atoms with Crippen LogP contribution in [-0.4, -0.2) is 36.5 Å². The predicted molar refractivity (Wildman–Crippen MR) is 105 cm³/mol. The normalized spacial score (nSPS) is 15.9. The molecule has 2 aromatic heterocycles. The van der Waals surface area contributed by atoms with E-state index >= 15 is 0 Å². The fraction of sp³-hybridized carbons (Fsp3) is 0.286. The van der Waals surface area contributed by atoms with Crippen molar-refractivity contribution in [1.82, 2.24) is 15.6 Å². The van der Waals surface area contributed by atoms with E-state index in [0.29, 0.717) is 46.9 Å². The van der Waals surface area contributed by atoms with Gasteiger partial charge in [-0.3, -0.25) is 9.59 Å². The number of amides is 2. The summed E-state index contributed by atoms with van der Waals surface area (Å²) in [6.07, 6.45) is 2.22. The average molecular weight is 395 g/mol. The molecule has 1 aliphatic heterocycles. The number of aryl methyl sites for hydroxylation is 1. The van der Waals surface area contributed by atoms with Crippen LogP contribution in [0.25, 0.3) is 11.0 Å². The fourth-order valence-electron chi connectivity index (χ4n) is 3.41. The number of ether oxygens (including phenoxy) is 2. The molecule has 4 rings (SSSR count). The van der Waals surface area contributed by atoms with E-state index in [9.17, 15) is 9.59 Å². The Balaban J connectivity index is 1.57. The predicted octanol–water partition coefficient (Wildman–Crippen LogP) is 2.34. The molecule has 1 saturated heterocycles. The van der Waals surface area contributed by atoms with E-state index in [2.05, 4.69) is 15.6 Å². The van der Waals surface area contributed by atoms with Crippen molar-refractivity contribution in [2.45, 2.75) is 26.0 Å². The second kappa shape index (κ2) is 7.83. The van der Waals surface area contributed by atoms with Gasteiger partial charge in [-0.2, -0.15) is 0 Å². The van der Waals surface area contributed by atoms with Crippen molar-refractivity contribution >= 4 is 22.8 Å². The number of nitrogens with zero attached hydrogens (tertiary/aromatic N) is 1. The molecule has 2 amide bonds. The van der Waals surface area contributed by atoms with Gasteiger partial charge in [-0.15, -0.1) is 0 Å². The molecule has 1 fully saturated rings. The van der Waals surface area contributed by atoms with Gasteiger partial charge in [-0.1, -0.05) is 0 Å². The maximum absolute atomic E-state index is 12.8. The molecule has 8 nitrogen and oxygen atoms in total. The number of nitrogens with one attached hydrogen (secondary N) is 2. The quantitative estimate of drug-likeness (QED) is 0.664. The molecule has 1 aliphatic rings. The van der Waals surface area contributed by atoms with Gasteiger partial charge in [0, 0.05) is 18.1 Å². The van der Waals surface area contributed by atoms with Crippen molar-refractivity contribution in [2.75, 3.05) is 13.7 Å². The number of methoxy groups -OCH3 is 1. The largest absolute Gasteiger partial charge is 0.489 e. The highest BCUT2D eigenvalue weighted by atomic mass is 16.5. The van der Waals surface area contributed by atoms with Gasteiger partial charge in [0.25, 0.3) is 5.91 Å². The molecule has 8 heteroatoms. The van der Waals surface area contributed by atoms with E-state index in [1.165, 1.54) is 0 Å². The summed E-state index contributed by atoms with van der Waals surface area (Å²) in [4.78, 5) is 28.7. The monoisotopic (exact) mass is 395 g/mol. The number of pyridine rings is 1. The standard InChI is InChI=1S/C21H21N3O5/c1-12-18(20(26)24-16-7-9-22-19(16)25)15-10-14(5-6-17(15)29-12)28-11-13-4-3-8-23-21(13)27-2/h3-6,8,10,16H,7,9,11H2,1-2H3,(H,22,25)(H,24,26). The fourth-order valence-corrected chi connectivity index (χ4v) is 3.41. The van der Waals surface area contributed by atoms with Crippen LogP contribution in [0.1, 0.15) is 28.1 Å². The number of carbonyl (C=O) groups excluding carboxylic acids is 2. The van der Waals surface area contributed by atoms with E-state index in [4.69, 9.17) is 13.9 Å². The highest BCUT2D eigenvalue weighted by molar-refractivity contribution is 6.08. The zero-order valence-electron chi connectivity index (χ0n) is 16.2. The smallest absolute Gasteiger partial charge is 0.256 e. The van der Waals surface area contributed by atoms with Crippen LogP contribution in [-0.2, 0) is 11.4 Å². The summed E-state index contributed by atoms with van der Waals surface area (Å²) in [6, 6.07) is 8.46. The van der Waals surface area contributed by atoms with Crippen molar-refractivity contribution in [2.24, 2.45) is 0 Å². The van der Waals surface area contributed by atoms with Crippen LogP contribution in [0.3, 0.4) is 0 Å². The van der Waals surface area contributed by atoms with Crippen LogP contribution >= 0.6 is 0 Å². The number of hydrogen-bond donors (Lipinski definition) is 2. The molecular weight excluding hydrogens is 374 g/mol. The molecule has 1 unspecified atom stereocenters. The summed E-state index contributed by atoms with van der Waals surface area (Å²) >= 11 is 0. The van der Waals surface area contributed by atoms with Crippen molar-refractivity contribution in [3.05, 3.63) is 53.4 Å². The highest BCUT2D eigenvalue weighted by Gasteiger charge is 2.28. The Morgan fingerprint density at radius 3 is 3.00 bits per heavy atom. The number of fused-ring (bicyclic) bond motifs is 1. The van der Waals surface area contributed by atoms with Crippen LogP contribution in [0, 0.1) is 6.92 Å². The van der Waals surface area contributed by atoms with E-state index in [1.807, 2.05) is 12.1 Å². The molecule has 0 radical (unpaired) electrons. The lowest BCUT2D eigenvalue weighted by atomic mass is 10.1. The summed E-state index contributed by atoms with van der Waals surface area (Å²) in [6.45, 7) is 2.55. The van der Waals surface area contributed by atoms with Crippen LogP contribution in [0.15, 0.2) is 40.9 Å². The van der Waals surface area contributed by atoms with Gasteiger partial charge in [0.2, 0.25) is 11.8 Å². The van der Waals surface area contributed by atoms with E-state index in [-0.39, 0.29) is 18.4 Å². The van der Waals surface area contributed by atoms with Crippen LogP contribution < -0.4 is 20.1 Å². The van der Waals surface area contributed by atoms with Gasteiger partial charge in [-0.05, 0) is 43.7 Å². The first-order valence-corrected chi connectivity index (χ1v) is 9.29. The van der Waals surface area contributed by atoms with E-state index in [1.54, 1.807) is 38.4 Å². The summed E-state index contributed by atoms with van der Waals surface area (Å²) in [7, 11) is 1.56. The third-order valence-corrected chi connectivity index (χ3v) is 4.85. The SMILES string of the molecule is COc1ncccc1COc1ccc2oc(C)c(C(=O)NC3CCNC3=O)c2c1. The lowest BCUT2D eigenvalue weighted by Gasteiger charge is -2.10. The topological polar surface area (TPSA) is 103 Å². The maximum atomic E-state index is 12.8. The minimum Gasteiger partial charge on any atom is -0.489 e. The van der Waals surface area contributed by atoms with Gasteiger partial charge in [0.1, 0.15) is 29.7 Å². The minimum atomic E-state index is -0.524. The molecule has 1 atom stereocenters. The second-order valence-electron chi connectivity index (χ2n) is 6.76. The summed E-state index contributed by atoms with van der Waals surface area (Å²) in [5.41, 5.74) is 1.79. The molecule has 1 aromatic carbocycles. The lowest BCUT2D eigenvalue weighted by molar-refractivity contribution is -0.120. The van der Waals surface area contributed by atoms with Gasteiger partial charge in [-0.25, -0.2) is 4.98 Å². The van der Waals surface area contributed by atoms with Crippen molar-refractivity contribution in [1.29, 1.82) is 0 Å². The third-order valence-electron chi connectivity index (χ3n) is 4.85. The summed E-state index contributed by atoms with van der Waals surface area (Å²) < 4.78 is 16.8. The van der Waals surface area contributed by atoms with Crippen molar-refractivity contribution < 1.29 is 23.5 Å². The minimum absolute atomic E-state index is 0.168. The molecule has 3 heterocycles. The van der Waals surface area contributed by atoms with Crippen molar-refractivity contribution in [3.63, 3.8) is 0 Å². The van der Waals surface area contributed by atoms with Gasteiger partial charge in [0.15, 0.2) is 0 Å². The molecule has 29 heavy (non-hydrogen) atoms. The first-order valence-electron chi connectivity index (χ1n) is 9.29. The summed E-state index contributed by atoms with van der Waals surface area (Å²) in [5.74, 6) is 1.06. The molecule has 2 N–H and O–H groups in total. The second-order valence-corrected chi connectivity index (χ2v) is 6.76. The lowest BCUT2D eigenvalue weighted by Crippen LogP contribution is -2.40. The van der Waals surface area contributed by atoms with Crippen LogP contribution in [0.5, 0.6) is 11.6 Å². The molecule has 0 bridgehead atoms. The summed E-state index contributed by atoms with van der Waals surface area (Å²) in [5, 5.41) is 6.12. The first-order chi connectivity index (χ1) is 14.1. The number of rotatable bonds is 6. The van der Waals surface area contributed by atoms with E-state index < -0.39 is 6.04 Å². The molecule has 0 spiro atoms. The highest BCUT2D eigenvalue weighted by Crippen LogP contribution is 2.30. The Bertz CT molecular complexity index is 1080. The zero-order chi connectivity index (χ0) is 20.4. The maximum Gasteiger partial charge on any atom is 0.256 e. The molecule has 0 saturated carbocycles.